The Bertz CT molecular complexity index is 929. The number of H-pyrrole nitrogens is 1. The third kappa shape index (κ3) is 2.93. The highest BCUT2D eigenvalue weighted by Crippen LogP contribution is 2.26. The Labute approximate surface area is 138 Å². The number of hydrogen-bond acceptors (Lipinski definition) is 4. The van der Waals surface area contributed by atoms with E-state index in [0.717, 1.165) is 17.4 Å². The lowest BCUT2D eigenvalue weighted by molar-refractivity contribution is 0.0951. The van der Waals surface area contributed by atoms with Gasteiger partial charge in [0.2, 0.25) is 5.91 Å². The normalized spacial score (nSPS) is 11.3. The molecule has 3 rings (SSSR count). The van der Waals surface area contributed by atoms with Crippen molar-refractivity contribution in [2.45, 2.75) is 0 Å². The van der Waals surface area contributed by atoms with Gasteiger partial charge < -0.3 is 20.9 Å². The molecular formula is C17H19N5O2. The van der Waals surface area contributed by atoms with Gasteiger partial charge in [0.05, 0.1) is 16.6 Å². The average Bonchev–Trinajstić information content (AvgIpc) is 2.91. The highest BCUT2D eigenvalue weighted by atomic mass is 16.2. The van der Waals surface area contributed by atoms with Crippen LogP contribution in [0.25, 0.3) is 21.9 Å². The summed E-state index contributed by atoms with van der Waals surface area (Å²) < 4.78 is 0. The third-order valence-corrected chi connectivity index (χ3v) is 3.86. The van der Waals surface area contributed by atoms with Crippen LogP contribution in [0.5, 0.6) is 0 Å². The Hall–Kier alpha value is -2.93. The number of rotatable bonds is 5. The molecule has 0 saturated heterocycles. The summed E-state index contributed by atoms with van der Waals surface area (Å²) in [5.74, 6) is -0.656. The highest BCUT2D eigenvalue weighted by molar-refractivity contribution is 6.14. The maximum atomic E-state index is 12.4. The van der Waals surface area contributed by atoms with E-state index in [1.165, 1.54) is 0 Å². The molecule has 7 heteroatoms. The summed E-state index contributed by atoms with van der Waals surface area (Å²) in [4.78, 5) is 33.3. The topological polar surface area (TPSA) is 104 Å². The van der Waals surface area contributed by atoms with Crippen LogP contribution in [0.2, 0.25) is 0 Å². The van der Waals surface area contributed by atoms with Gasteiger partial charge >= 0.3 is 0 Å². The first-order valence-electron chi connectivity index (χ1n) is 7.60. The Morgan fingerprint density at radius 2 is 2.08 bits per heavy atom. The fourth-order valence-corrected chi connectivity index (χ4v) is 2.61. The summed E-state index contributed by atoms with van der Waals surface area (Å²) in [7, 11) is 3.90. The van der Waals surface area contributed by atoms with Crippen molar-refractivity contribution in [2.24, 2.45) is 5.73 Å². The van der Waals surface area contributed by atoms with Gasteiger partial charge in [-0.1, -0.05) is 0 Å². The molecule has 0 saturated carbocycles. The lowest BCUT2D eigenvalue weighted by Crippen LogP contribution is -2.31. The number of nitrogens with zero attached hydrogens (tertiary/aromatic N) is 2. The number of fused-ring (bicyclic) bond motifs is 3. The summed E-state index contributed by atoms with van der Waals surface area (Å²) in [5.41, 5.74) is 8.32. The molecule has 2 amide bonds. The van der Waals surface area contributed by atoms with Crippen LogP contribution in [0.15, 0.2) is 30.5 Å². The molecule has 124 valence electrons. The van der Waals surface area contributed by atoms with E-state index in [1.807, 2.05) is 19.0 Å². The van der Waals surface area contributed by atoms with Crippen LogP contribution >= 0.6 is 0 Å². The van der Waals surface area contributed by atoms with Gasteiger partial charge in [0, 0.05) is 35.8 Å². The molecule has 0 aliphatic rings. The fourth-order valence-electron chi connectivity index (χ4n) is 2.61. The number of likely N-dealkylation sites (N-methyl/N-ethyl adjacent to an activating group) is 1. The Kier molecular flexibility index (Phi) is 4.18. The molecule has 0 aliphatic carbocycles. The number of pyridine rings is 1. The minimum absolute atomic E-state index is 0.161. The van der Waals surface area contributed by atoms with Gasteiger partial charge in [0.1, 0.15) is 0 Å². The molecule has 0 unspecified atom stereocenters. The minimum atomic E-state index is -0.495. The van der Waals surface area contributed by atoms with E-state index < -0.39 is 5.91 Å². The number of primary amides is 1. The minimum Gasteiger partial charge on any atom is -0.366 e. The molecule has 0 atom stereocenters. The molecule has 0 aliphatic heterocycles. The number of aromatic amines is 1. The van der Waals surface area contributed by atoms with Crippen molar-refractivity contribution in [1.82, 2.24) is 20.2 Å². The molecule has 1 aromatic carbocycles. The molecular weight excluding hydrogens is 306 g/mol. The van der Waals surface area contributed by atoms with E-state index >= 15 is 0 Å². The van der Waals surface area contributed by atoms with Gasteiger partial charge in [-0.3, -0.25) is 14.6 Å². The quantitative estimate of drug-likeness (QED) is 0.653. The van der Waals surface area contributed by atoms with Crippen LogP contribution in [-0.2, 0) is 0 Å². The second-order valence-electron chi connectivity index (χ2n) is 5.89. The highest BCUT2D eigenvalue weighted by Gasteiger charge is 2.15. The predicted octanol–water partition coefficient (Wildman–Crippen LogP) is 1.11. The summed E-state index contributed by atoms with van der Waals surface area (Å²) >= 11 is 0. The van der Waals surface area contributed by atoms with Crippen molar-refractivity contribution in [1.29, 1.82) is 0 Å². The number of amides is 2. The zero-order valence-electron chi connectivity index (χ0n) is 13.6. The van der Waals surface area contributed by atoms with Crippen molar-refractivity contribution >= 4 is 33.8 Å². The molecule has 2 aromatic heterocycles. The summed E-state index contributed by atoms with van der Waals surface area (Å²) in [6.45, 7) is 1.32. The van der Waals surface area contributed by atoms with Crippen molar-refractivity contribution in [2.75, 3.05) is 27.2 Å². The lowest BCUT2D eigenvalue weighted by Gasteiger charge is -2.10. The Balaban J connectivity index is 2.01. The zero-order valence-corrected chi connectivity index (χ0v) is 13.6. The van der Waals surface area contributed by atoms with E-state index in [9.17, 15) is 9.59 Å². The summed E-state index contributed by atoms with van der Waals surface area (Å²) in [6, 6.07) is 6.79. The molecule has 0 radical (unpaired) electrons. The number of benzene rings is 1. The van der Waals surface area contributed by atoms with Gasteiger partial charge in [-0.05, 0) is 38.4 Å². The van der Waals surface area contributed by atoms with Gasteiger partial charge in [0.15, 0.2) is 0 Å². The summed E-state index contributed by atoms with van der Waals surface area (Å²) in [5, 5.41) is 3.74. The lowest BCUT2D eigenvalue weighted by atomic mass is 10.1. The molecule has 2 heterocycles. The maximum Gasteiger partial charge on any atom is 0.253 e. The van der Waals surface area contributed by atoms with Gasteiger partial charge in [-0.15, -0.1) is 0 Å². The maximum absolute atomic E-state index is 12.4. The smallest absolute Gasteiger partial charge is 0.253 e. The largest absolute Gasteiger partial charge is 0.366 e. The van der Waals surface area contributed by atoms with Crippen molar-refractivity contribution in [3.8, 4) is 0 Å². The van der Waals surface area contributed by atoms with Crippen LogP contribution < -0.4 is 11.1 Å². The first-order chi connectivity index (χ1) is 11.5. The molecule has 24 heavy (non-hydrogen) atoms. The van der Waals surface area contributed by atoms with Crippen LogP contribution in [0.3, 0.4) is 0 Å². The van der Waals surface area contributed by atoms with Crippen LogP contribution in [0.4, 0.5) is 0 Å². The standard InChI is InChI=1S/C17H19N5O2/c1-22(2)8-7-20-17(24)12-5-6-19-14-11-4-3-10(16(18)23)9-13(11)21-15(12)14/h3-6,9,21H,7-8H2,1-2H3,(H2,18,23)(H,20,24). The van der Waals surface area contributed by atoms with Crippen LogP contribution in [-0.4, -0.2) is 53.9 Å². The molecule has 0 bridgehead atoms. The van der Waals surface area contributed by atoms with E-state index in [4.69, 9.17) is 5.73 Å². The van der Waals surface area contributed by atoms with Crippen molar-refractivity contribution in [3.63, 3.8) is 0 Å². The van der Waals surface area contributed by atoms with Crippen LogP contribution in [0.1, 0.15) is 20.7 Å². The number of carbonyl (C=O) groups excluding carboxylic acids is 2. The van der Waals surface area contributed by atoms with E-state index in [2.05, 4.69) is 15.3 Å². The van der Waals surface area contributed by atoms with Crippen molar-refractivity contribution < 1.29 is 9.59 Å². The third-order valence-electron chi connectivity index (χ3n) is 3.86. The SMILES string of the molecule is CN(C)CCNC(=O)c1ccnc2c1[nH]c1cc(C(N)=O)ccc12. The van der Waals surface area contributed by atoms with Crippen LogP contribution in [0, 0.1) is 0 Å². The number of hydrogen-bond donors (Lipinski definition) is 3. The second kappa shape index (κ2) is 6.29. The van der Waals surface area contributed by atoms with Gasteiger partial charge in [-0.25, -0.2) is 0 Å². The first-order valence-corrected chi connectivity index (χ1v) is 7.60. The average molecular weight is 325 g/mol. The molecule has 7 nitrogen and oxygen atoms in total. The monoisotopic (exact) mass is 325 g/mol. The Morgan fingerprint density at radius 1 is 1.29 bits per heavy atom. The van der Waals surface area contributed by atoms with E-state index in [1.54, 1.807) is 30.5 Å². The second-order valence-corrected chi connectivity index (χ2v) is 5.89. The fraction of sp³-hybridized carbons (Fsp3) is 0.235. The zero-order chi connectivity index (χ0) is 17.3. The summed E-state index contributed by atoms with van der Waals surface area (Å²) in [6.07, 6.45) is 1.61. The number of aromatic nitrogens is 2. The van der Waals surface area contributed by atoms with Crippen molar-refractivity contribution in [3.05, 3.63) is 41.6 Å². The van der Waals surface area contributed by atoms with Gasteiger partial charge in [-0.2, -0.15) is 0 Å². The number of nitrogens with two attached hydrogens (primary N) is 1. The molecule has 4 N–H and O–H groups in total. The first kappa shape index (κ1) is 15.9. The van der Waals surface area contributed by atoms with E-state index in [0.29, 0.717) is 28.7 Å². The Morgan fingerprint density at radius 3 is 2.79 bits per heavy atom. The van der Waals surface area contributed by atoms with Gasteiger partial charge in [0.25, 0.3) is 5.91 Å². The molecule has 3 aromatic rings. The molecule has 0 fully saturated rings. The number of carbonyl (C=O) groups is 2. The molecule has 0 spiro atoms. The van der Waals surface area contributed by atoms with E-state index in [-0.39, 0.29) is 5.91 Å². The number of nitrogens with one attached hydrogen (secondary N) is 2. The predicted molar refractivity (Wildman–Crippen MR) is 93.0 cm³/mol.